The van der Waals surface area contributed by atoms with Crippen LogP contribution < -0.4 is 10.6 Å². The molecule has 0 radical (unpaired) electrons. The van der Waals surface area contributed by atoms with E-state index in [9.17, 15) is 9.59 Å². The van der Waals surface area contributed by atoms with Gasteiger partial charge in [-0.2, -0.15) is 0 Å². The Morgan fingerprint density at radius 2 is 1.78 bits per heavy atom. The number of fused-ring (bicyclic) bond motifs is 1. The lowest BCUT2D eigenvalue weighted by atomic mass is 10.0. The minimum Gasteiger partial charge on any atom is -0.361 e. The van der Waals surface area contributed by atoms with Crippen molar-refractivity contribution in [3.8, 4) is 0 Å². The van der Waals surface area contributed by atoms with Crippen LogP contribution in [0.1, 0.15) is 36.5 Å². The lowest BCUT2D eigenvalue weighted by Crippen LogP contribution is -2.36. The van der Waals surface area contributed by atoms with E-state index >= 15 is 0 Å². The van der Waals surface area contributed by atoms with Crippen molar-refractivity contribution in [3.05, 3.63) is 65.4 Å². The third-order valence-corrected chi connectivity index (χ3v) is 4.72. The van der Waals surface area contributed by atoms with Crippen molar-refractivity contribution in [1.29, 1.82) is 0 Å². The second kappa shape index (κ2) is 8.08. The van der Waals surface area contributed by atoms with Crippen LogP contribution in [0.15, 0.2) is 48.7 Å². The average Bonchev–Trinajstić information content (AvgIpc) is 3.06. The average molecular weight is 363 g/mol. The predicted molar refractivity (Wildman–Crippen MR) is 109 cm³/mol. The first-order valence-electron chi connectivity index (χ1n) is 9.20. The van der Waals surface area contributed by atoms with Crippen LogP contribution in [0, 0.1) is 6.92 Å². The van der Waals surface area contributed by atoms with Crippen LogP contribution in [0.5, 0.6) is 0 Å². The monoisotopic (exact) mass is 363 g/mol. The molecule has 1 heterocycles. The predicted octanol–water partition coefficient (Wildman–Crippen LogP) is 3.90. The summed E-state index contributed by atoms with van der Waals surface area (Å²) in [6.45, 7) is 6.68. The molecule has 0 saturated heterocycles. The summed E-state index contributed by atoms with van der Waals surface area (Å²) in [7, 11) is 0. The Morgan fingerprint density at radius 1 is 1.04 bits per heavy atom. The lowest BCUT2D eigenvalue weighted by Gasteiger charge is -2.09. The van der Waals surface area contributed by atoms with Crippen LogP contribution >= 0.6 is 0 Å². The number of anilines is 1. The van der Waals surface area contributed by atoms with E-state index in [4.69, 9.17) is 0 Å². The second-order valence-corrected chi connectivity index (χ2v) is 7.05. The highest BCUT2D eigenvalue weighted by molar-refractivity contribution is 6.39. The summed E-state index contributed by atoms with van der Waals surface area (Å²) < 4.78 is 0. The number of aromatic nitrogens is 1. The van der Waals surface area contributed by atoms with E-state index in [2.05, 4.69) is 42.5 Å². The van der Waals surface area contributed by atoms with E-state index in [0.717, 1.165) is 11.1 Å². The van der Waals surface area contributed by atoms with E-state index in [1.54, 1.807) is 0 Å². The van der Waals surface area contributed by atoms with Crippen molar-refractivity contribution in [1.82, 2.24) is 10.3 Å². The molecule has 1 aromatic heterocycles. The number of aryl methyl sites for hydroxylation is 1. The van der Waals surface area contributed by atoms with Crippen LogP contribution in [0.25, 0.3) is 10.9 Å². The van der Waals surface area contributed by atoms with Gasteiger partial charge in [0.1, 0.15) is 0 Å². The third-order valence-electron chi connectivity index (χ3n) is 4.72. The molecule has 27 heavy (non-hydrogen) atoms. The van der Waals surface area contributed by atoms with Crippen LogP contribution in [0.3, 0.4) is 0 Å². The summed E-state index contributed by atoms with van der Waals surface area (Å²) in [6, 6.07) is 13.6. The molecule has 3 rings (SSSR count). The van der Waals surface area contributed by atoms with Crippen molar-refractivity contribution < 1.29 is 9.59 Å². The molecule has 3 N–H and O–H groups in total. The van der Waals surface area contributed by atoms with Gasteiger partial charge in [0, 0.05) is 29.3 Å². The molecule has 3 aromatic rings. The van der Waals surface area contributed by atoms with Gasteiger partial charge in [0.05, 0.1) is 0 Å². The molecular weight excluding hydrogens is 338 g/mol. The van der Waals surface area contributed by atoms with E-state index in [-0.39, 0.29) is 0 Å². The minimum absolute atomic E-state index is 0.403. The molecule has 0 saturated carbocycles. The molecule has 0 aliphatic heterocycles. The zero-order chi connectivity index (χ0) is 19.4. The van der Waals surface area contributed by atoms with E-state index in [1.807, 2.05) is 42.6 Å². The highest BCUT2D eigenvalue weighted by Gasteiger charge is 2.14. The number of rotatable bonds is 5. The Kier molecular flexibility index (Phi) is 5.60. The zero-order valence-electron chi connectivity index (χ0n) is 15.9. The molecule has 0 bridgehead atoms. The number of H-pyrrole nitrogens is 1. The van der Waals surface area contributed by atoms with Crippen molar-refractivity contribution in [2.45, 2.75) is 33.1 Å². The number of carbonyl (C=O) groups excluding carboxylic acids is 2. The highest BCUT2D eigenvalue weighted by atomic mass is 16.2. The molecule has 0 fully saturated rings. The first-order valence-corrected chi connectivity index (χ1v) is 9.20. The Morgan fingerprint density at radius 3 is 2.48 bits per heavy atom. The van der Waals surface area contributed by atoms with Crippen LogP contribution in [0.2, 0.25) is 0 Å². The lowest BCUT2D eigenvalue weighted by molar-refractivity contribution is -0.136. The van der Waals surface area contributed by atoms with Crippen molar-refractivity contribution in [2.75, 3.05) is 11.9 Å². The van der Waals surface area contributed by atoms with Gasteiger partial charge in [-0.1, -0.05) is 38.1 Å². The summed E-state index contributed by atoms with van der Waals surface area (Å²) in [6.07, 6.45) is 2.62. The topological polar surface area (TPSA) is 74.0 Å². The number of nitrogens with one attached hydrogen (secondary N) is 3. The maximum absolute atomic E-state index is 12.1. The molecule has 2 aromatic carbocycles. The smallest absolute Gasteiger partial charge is 0.313 e. The van der Waals surface area contributed by atoms with E-state index < -0.39 is 11.8 Å². The number of hydrogen-bond donors (Lipinski definition) is 3. The normalized spacial score (nSPS) is 11.0. The largest absolute Gasteiger partial charge is 0.361 e. The molecular formula is C22H25N3O2. The van der Waals surface area contributed by atoms with Gasteiger partial charge in [0.15, 0.2) is 0 Å². The fourth-order valence-electron chi connectivity index (χ4n) is 3.18. The van der Waals surface area contributed by atoms with Gasteiger partial charge in [-0.15, -0.1) is 0 Å². The Hall–Kier alpha value is -3.08. The van der Waals surface area contributed by atoms with Gasteiger partial charge in [-0.3, -0.25) is 9.59 Å². The fourth-order valence-corrected chi connectivity index (χ4v) is 3.18. The van der Waals surface area contributed by atoms with Crippen molar-refractivity contribution in [2.24, 2.45) is 0 Å². The fraction of sp³-hybridized carbons (Fsp3) is 0.273. The quantitative estimate of drug-likeness (QED) is 0.602. The highest BCUT2D eigenvalue weighted by Crippen LogP contribution is 2.22. The van der Waals surface area contributed by atoms with Gasteiger partial charge in [-0.25, -0.2) is 0 Å². The van der Waals surface area contributed by atoms with Gasteiger partial charge in [0.2, 0.25) is 0 Å². The third kappa shape index (κ3) is 4.37. The Bertz CT molecular complexity index is 955. The summed E-state index contributed by atoms with van der Waals surface area (Å²) in [5.41, 5.74) is 5.21. The first kappa shape index (κ1) is 18.7. The number of aromatic amines is 1. The summed E-state index contributed by atoms with van der Waals surface area (Å²) in [4.78, 5) is 27.4. The van der Waals surface area contributed by atoms with Gasteiger partial charge >= 0.3 is 11.8 Å². The molecule has 0 spiro atoms. The summed E-state index contributed by atoms with van der Waals surface area (Å²) in [5, 5.41) is 6.50. The second-order valence-electron chi connectivity index (χ2n) is 7.05. The summed E-state index contributed by atoms with van der Waals surface area (Å²) in [5.74, 6) is -0.854. The number of benzene rings is 2. The molecule has 2 amide bonds. The van der Waals surface area contributed by atoms with Gasteiger partial charge in [0.25, 0.3) is 0 Å². The molecule has 0 aliphatic carbocycles. The zero-order valence-corrected chi connectivity index (χ0v) is 15.9. The number of carbonyl (C=O) groups is 2. The number of hydrogen-bond acceptors (Lipinski definition) is 2. The summed E-state index contributed by atoms with van der Waals surface area (Å²) >= 11 is 0. The van der Waals surface area contributed by atoms with Crippen molar-refractivity contribution >= 4 is 28.4 Å². The van der Waals surface area contributed by atoms with E-state index in [1.165, 1.54) is 16.5 Å². The molecule has 140 valence electrons. The molecule has 0 atom stereocenters. The number of amides is 2. The molecule has 0 aliphatic rings. The van der Waals surface area contributed by atoms with E-state index in [0.29, 0.717) is 24.6 Å². The van der Waals surface area contributed by atoms with Crippen LogP contribution in [-0.4, -0.2) is 23.3 Å². The maximum Gasteiger partial charge on any atom is 0.313 e. The van der Waals surface area contributed by atoms with Crippen molar-refractivity contribution in [3.63, 3.8) is 0 Å². The SMILES string of the molecule is Cc1cccc2[nH]cc(CCNC(=O)C(=O)Nc3ccc(C(C)C)cc3)c12. The minimum atomic E-state index is -0.651. The maximum atomic E-state index is 12.1. The van der Waals surface area contributed by atoms with Crippen LogP contribution in [0.4, 0.5) is 5.69 Å². The van der Waals surface area contributed by atoms with Gasteiger partial charge < -0.3 is 15.6 Å². The first-order chi connectivity index (χ1) is 13.0. The Labute approximate surface area is 159 Å². The molecule has 5 heteroatoms. The standard InChI is InChI=1S/C22H25N3O2/c1-14(2)16-7-9-18(10-8-16)25-22(27)21(26)23-12-11-17-13-24-19-6-4-5-15(3)20(17)19/h4-10,13-14,24H,11-12H2,1-3H3,(H,23,26)(H,25,27). The van der Waals surface area contributed by atoms with Gasteiger partial charge in [-0.05, 0) is 54.2 Å². The Balaban J connectivity index is 1.53. The van der Waals surface area contributed by atoms with Crippen LogP contribution in [-0.2, 0) is 16.0 Å². The molecule has 5 nitrogen and oxygen atoms in total. The molecule has 0 unspecified atom stereocenters.